The van der Waals surface area contributed by atoms with Crippen LogP contribution in [-0.2, 0) is 11.3 Å². The van der Waals surface area contributed by atoms with E-state index < -0.39 is 0 Å². The molecule has 1 fully saturated rings. The van der Waals surface area contributed by atoms with Gasteiger partial charge in [0.25, 0.3) is 0 Å². The summed E-state index contributed by atoms with van der Waals surface area (Å²) in [5, 5.41) is 6.63. The number of nitrogens with one attached hydrogen (secondary N) is 2. The Hall–Kier alpha value is -0.840. The van der Waals surface area contributed by atoms with Crippen LogP contribution in [0.2, 0.25) is 0 Å². The molecule has 15 heavy (non-hydrogen) atoms. The lowest BCUT2D eigenvalue weighted by atomic mass is 10.3. The molecule has 0 aromatic carbocycles. The zero-order valence-corrected chi connectivity index (χ0v) is 9.08. The second kappa shape index (κ2) is 5.30. The van der Waals surface area contributed by atoms with Crippen molar-refractivity contribution in [2.24, 2.45) is 0 Å². The molecule has 84 valence electrons. The van der Waals surface area contributed by atoms with Gasteiger partial charge in [-0.05, 0) is 19.1 Å². The maximum atomic E-state index is 5.57. The van der Waals surface area contributed by atoms with Crippen LogP contribution in [0.4, 0.5) is 0 Å². The van der Waals surface area contributed by atoms with E-state index in [2.05, 4.69) is 10.6 Å². The summed E-state index contributed by atoms with van der Waals surface area (Å²) in [5.41, 5.74) is 0. The van der Waals surface area contributed by atoms with E-state index >= 15 is 0 Å². The number of rotatable bonds is 4. The number of hydrogen-bond acceptors (Lipinski definition) is 4. The zero-order chi connectivity index (χ0) is 10.5. The molecule has 1 unspecified atom stereocenters. The molecule has 1 aliphatic rings. The van der Waals surface area contributed by atoms with Crippen LogP contribution in [0, 0.1) is 6.92 Å². The highest BCUT2D eigenvalue weighted by molar-refractivity contribution is 5.05. The van der Waals surface area contributed by atoms with Gasteiger partial charge in [-0.15, -0.1) is 0 Å². The molecule has 1 atom stereocenters. The third kappa shape index (κ3) is 3.34. The van der Waals surface area contributed by atoms with Gasteiger partial charge in [-0.3, -0.25) is 0 Å². The average molecular weight is 210 g/mol. The topological polar surface area (TPSA) is 46.4 Å². The minimum absolute atomic E-state index is 0.287. The first-order valence-electron chi connectivity index (χ1n) is 5.43. The minimum atomic E-state index is 0.287. The Morgan fingerprint density at radius 3 is 3.13 bits per heavy atom. The molecule has 4 nitrogen and oxygen atoms in total. The molecule has 0 radical (unpaired) electrons. The van der Waals surface area contributed by atoms with Gasteiger partial charge in [0, 0.05) is 19.6 Å². The number of aryl methyl sites for hydroxylation is 1. The molecule has 4 heteroatoms. The van der Waals surface area contributed by atoms with Crippen molar-refractivity contribution >= 4 is 0 Å². The molecule has 0 bridgehead atoms. The van der Waals surface area contributed by atoms with E-state index in [9.17, 15) is 0 Å². The monoisotopic (exact) mass is 210 g/mol. The Labute approximate surface area is 90.0 Å². The van der Waals surface area contributed by atoms with Gasteiger partial charge in [-0.1, -0.05) is 0 Å². The van der Waals surface area contributed by atoms with Gasteiger partial charge in [0.15, 0.2) is 0 Å². The largest absolute Gasteiger partial charge is 0.465 e. The van der Waals surface area contributed by atoms with Crippen LogP contribution in [0.15, 0.2) is 16.5 Å². The summed E-state index contributed by atoms with van der Waals surface area (Å²) in [6, 6.07) is 3.98. The maximum absolute atomic E-state index is 5.57. The Balaban J connectivity index is 1.65. The fraction of sp³-hybridized carbons (Fsp3) is 0.636. The molecular formula is C11H18N2O2. The van der Waals surface area contributed by atoms with Gasteiger partial charge in [0.05, 0.1) is 19.3 Å². The molecule has 0 aliphatic carbocycles. The fourth-order valence-electron chi connectivity index (χ4n) is 1.69. The Bertz CT molecular complexity index is 293. The van der Waals surface area contributed by atoms with Crippen molar-refractivity contribution < 1.29 is 9.15 Å². The molecule has 0 amide bonds. The second-order valence-electron chi connectivity index (χ2n) is 3.84. The molecular weight excluding hydrogens is 192 g/mol. The second-order valence-corrected chi connectivity index (χ2v) is 3.84. The van der Waals surface area contributed by atoms with Gasteiger partial charge in [0.1, 0.15) is 11.5 Å². The van der Waals surface area contributed by atoms with Crippen molar-refractivity contribution in [3.05, 3.63) is 23.7 Å². The molecule has 1 aromatic heterocycles. The highest BCUT2D eigenvalue weighted by atomic mass is 16.5. The summed E-state index contributed by atoms with van der Waals surface area (Å²) >= 11 is 0. The van der Waals surface area contributed by atoms with Crippen LogP contribution < -0.4 is 10.6 Å². The van der Waals surface area contributed by atoms with E-state index in [-0.39, 0.29) is 6.10 Å². The number of ether oxygens (including phenoxy) is 1. The number of morpholine rings is 1. The van der Waals surface area contributed by atoms with E-state index in [4.69, 9.17) is 9.15 Å². The lowest BCUT2D eigenvalue weighted by Gasteiger charge is -2.23. The van der Waals surface area contributed by atoms with Crippen LogP contribution >= 0.6 is 0 Å². The predicted molar refractivity (Wildman–Crippen MR) is 57.8 cm³/mol. The van der Waals surface area contributed by atoms with E-state index in [1.165, 1.54) is 0 Å². The first-order chi connectivity index (χ1) is 7.34. The molecule has 0 saturated carbocycles. The first-order valence-corrected chi connectivity index (χ1v) is 5.43. The Morgan fingerprint density at radius 2 is 2.47 bits per heavy atom. The van der Waals surface area contributed by atoms with Crippen molar-refractivity contribution in [1.29, 1.82) is 0 Å². The first kappa shape index (κ1) is 10.7. The quantitative estimate of drug-likeness (QED) is 0.766. The van der Waals surface area contributed by atoms with Crippen LogP contribution in [-0.4, -0.2) is 32.3 Å². The molecule has 1 saturated heterocycles. The zero-order valence-electron chi connectivity index (χ0n) is 9.08. The highest BCUT2D eigenvalue weighted by Crippen LogP contribution is 2.05. The van der Waals surface area contributed by atoms with Crippen LogP contribution in [0.5, 0.6) is 0 Å². The van der Waals surface area contributed by atoms with Crippen LogP contribution in [0.25, 0.3) is 0 Å². The molecule has 2 rings (SSSR count). The summed E-state index contributed by atoms with van der Waals surface area (Å²) in [6.45, 7) is 6.31. The number of furan rings is 1. The van der Waals surface area contributed by atoms with Crippen LogP contribution in [0.1, 0.15) is 11.5 Å². The summed E-state index contributed by atoms with van der Waals surface area (Å²) in [6.07, 6.45) is 0.287. The van der Waals surface area contributed by atoms with Crippen molar-refractivity contribution in [2.75, 3.05) is 26.2 Å². The Morgan fingerprint density at radius 1 is 1.53 bits per heavy atom. The van der Waals surface area contributed by atoms with Gasteiger partial charge >= 0.3 is 0 Å². The van der Waals surface area contributed by atoms with E-state index in [0.29, 0.717) is 0 Å². The van der Waals surface area contributed by atoms with Gasteiger partial charge in [0.2, 0.25) is 0 Å². The van der Waals surface area contributed by atoms with Crippen LogP contribution in [0.3, 0.4) is 0 Å². The lowest BCUT2D eigenvalue weighted by molar-refractivity contribution is 0.0288. The molecule has 1 aromatic rings. The average Bonchev–Trinajstić information content (AvgIpc) is 2.66. The molecule has 0 spiro atoms. The lowest BCUT2D eigenvalue weighted by Crippen LogP contribution is -2.43. The van der Waals surface area contributed by atoms with Crippen molar-refractivity contribution in [3.63, 3.8) is 0 Å². The number of hydrogen-bond donors (Lipinski definition) is 2. The summed E-state index contributed by atoms with van der Waals surface area (Å²) in [7, 11) is 0. The molecule has 2 N–H and O–H groups in total. The minimum Gasteiger partial charge on any atom is -0.465 e. The normalized spacial score (nSPS) is 21.8. The summed E-state index contributed by atoms with van der Waals surface area (Å²) in [5.74, 6) is 1.94. The molecule has 2 heterocycles. The van der Waals surface area contributed by atoms with Crippen molar-refractivity contribution in [3.8, 4) is 0 Å². The molecule has 1 aliphatic heterocycles. The van der Waals surface area contributed by atoms with Crippen molar-refractivity contribution in [2.45, 2.75) is 19.6 Å². The van der Waals surface area contributed by atoms with Gasteiger partial charge in [-0.2, -0.15) is 0 Å². The maximum Gasteiger partial charge on any atom is 0.117 e. The SMILES string of the molecule is Cc1ccc(CNCC2CNCCO2)o1. The smallest absolute Gasteiger partial charge is 0.117 e. The van der Waals surface area contributed by atoms with E-state index in [1.54, 1.807) is 0 Å². The van der Waals surface area contributed by atoms with E-state index in [1.807, 2.05) is 19.1 Å². The fourth-order valence-corrected chi connectivity index (χ4v) is 1.69. The third-order valence-electron chi connectivity index (χ3n) is 2.47. The predicted octanol–water partition coefficient (Wildman–Crippen LogP) is 0.666. The van der Waals surface area contributed by atoms with Gasteiger partial charge in [-0.25, -0.2) is 0 Å². The van der Waals surface area contributed by atoms with E-state index in [0.717, 1.165) is 44.3 Å². The highest BCUT2D eigenvalue weighted by Gasteiger charge is 2.12. The third-order valence-corrected chi connectivity index (χ3v) is 2.47. The van der Waals surface area contributed by atoms with Gasteiger partial charge < -0.3 is 19.8 Å². The summed E-state index contributed by atoms with van der Waals surface area (Å²) in [4.78, 5) is 0. The van der Waals surface area contributed by atoms with Crippen molar-refractivity contribution in [1.82, 2.24) is 10.6 Å². The summed E-state index contributed by atoms with van der Waals surface area (Å²) < 4.78 is 11.0. The standard InChI is InChI=1S/C11H18N2O2/c1-9-2-3-10(15-9)6-13-8-11-7-12-4-5-14-11/h2-3,11-13H,4-8H2,1H3. The Kier molecular flexibility index (Phi) is 3.77.